The van der Waals surface area contributed by atoms with E-state index in [1.54, 1.807) is 6.92 Å². The van der Waals surface area contributed by atoms with Crippen molar-refractivity contribution < 1.29 is 14.0 Å². The lowest BCUT2D eigenvalue weighted by molar-refractivity contribution is -0.925. The van der Waals surface area contributed by atoms with E-state index in [1.807, 2.05) is 0 Å². The molecule has 3 nitrogen and oxygen atoms in total. The van der Waals surface area contributed by atoms with Crippen molar-refractivity contribution in [2.45, 2.75) is 34.1 Å². The molecule has 0 aliphatic carbocycles. The summed E-state index contributed by atoms with van der Waals surface area (Å²) < 4.78 is 6.18. The van der Waals surface area contributed by atoms with Gasteiger partial charge in [-0.15, -0.1) is 0 Å². The summed E-state index contributed by atoms with van der Waals surface area (Å²) in [6.45, 7) is 16.6. The molecule has 0 saturated carbocycles. The Balaban J connectivity index is 4.12. The van der Waals surface area contributed by atoms with Gasteiger partial charge in [0, 0.05) is 5.57 Å². The number of carbonyl (C=O) groups excluding carboxylic acids is 1. The van der Waals surface area contributed by atoms with Crippen LogP contribution in [0.1, 0.15) is 34.1 Å². The molecule has 0 rings (SSSR count). The van der Waals surface area contributed by atoms with E-state index in [0.717, 1.165) is 37.1 Å². The van der Waals surface area contributed by atoms with Gasteiger partial charge in [0.05, 0.1) is 19.6 Å². The van der Waals surface area contributed by atoms with Crippen molar-refractivity contribution >= 4 is 5.97 Å². The molecule has 94 valence electrons. The van der Waals surface area contributed by atoms with E-state index in [2.05, 4.69) is 27.4 Å². The van der Waals surface area contributed by atoms with Gasteiger partial charge in [-0.1, -0.05) is 13.5 Å². The molecule has 0 aromatic rings. The molecule has 0 fully saturated rings. The van der Waals surface area contributed by atoms with Gasteiger partial charge in [0.2, 0.25) is 0 Å². The first kappa shape index (κ1) is 15.2. The van der Waals surface area contributed by atoms with Crippen LogP contribution in [0.25, 0.3) is 0 Å². The largest absolute Gasteiger partial charge is 0.456 e. The quantitative estimate of drug-likeness (QED) is 0.362. The number of ether oxygens (including phenoxy) is 1. The minimum Gasteiger partial charge on any atom is -0.456 e. The van der Waals surface area contributed by atoms with Crippen LogP contribution in [-0.4, -0.2) is 43.2 Å². The standard InChI is InChI=1S/C13H26NO2/c1-6-9-14(7-2,8-3)10-11-16-13(15)12(4)5/h4,6-11H2,1-3,5H3/q+1. The topological polar surface area (TPSA) is 26.3 Å². The van der Waals surface area contributed by atoms with Crippen LogP contribution >= 0.6 is 0 Å². The fraction of sp³-hybridized carbons (Fsp3) is 0.769. The number of hydrogen-bond acceptors (Lipinski definition) is 2. The normalized spacial score (nSPS) is 11.2. The molecule has 0 aliphatic rings. The molecule has 16 heavy (non-hydrogen) atoms. The molecule has 0 bridgehead atoms. The van der Waals surface area contributed by atoms with Crippen molar-refractivity contribution in [1.82, 2.24) is 0 Å². The average Bonchev–Trinajstić information content (AvgIpc) is 2.27. The number of nitrogens with zero attached hydrogens (tertiary/aromatic N) is 1. The van der Waals surface area contributed by atoms with E-state index in [4.69, 9.17) is 4.74 Å². The van der Waals surface area contributed by atoms with E-state index in [1.165, 1.54) is 0 Å². The van der Waals surface area contributed by atoms with Gasteiger partial charge in [0.25, 0.3) is 0 Å². The number of rotatable bonds is 8. The van der Waals surface area contributed by atoms with Crippen LogP contribution in [-0.2, 0) is 9.53 Å². The molecule has 0 N–H and O–H groups in total. The predicted molar refractivity (Wildman–Crippen MR) is 67.1 cm³/mol. The fourth-order valence-electron chi connectivity index (χ4n) is 1.90. The number of likely N-dealkylation sites (N-methyl/N-ethyl adjacent to an activating group) is 1. The van der Waals surface area contributed by atoms with E-state index < -0.39 is 0 Å². The molecule has 0 amide bonds. The molecule has 0 radical (unpaired) electrons. The van der Waals surface area contributed by atoms with Crippen LogP contribution in [0.2, 0.25) is 0 Å². The maximum absolute atomic E-state index is 11.2. The van der Waals surface area contributed by atoms with Crippen LogP contribution in [0.15, 0.2) is 12.2 Å². The highest BCUT2D eigenvalue weighted by Crippen LogP contribution is 2.08. The summed E-state index contributed by atoms with van der Waals surface area (Å²) in [5.74, 6) is -0.276. The summed E-state index contributed by atoms with van der Waals surface area (Å²) in [6, 6.07) is 0. The Morgan fingerprint density at radius 3 is 2.12 bits per heavy atom. The summed E-state index contributed by atoms with van der Waals surface area (Å²) in [5, 5.41) is 0. The lowest BCUT2D eigenvalue weighted by atomic mass is 10.3. The molecule has 0 aromatic carbocycles. The maximum Gasteiger partial charge on any atom is 0.333 e. The molecule has 0 unspecified atom stereocenters. The number of quaternary nitrogens is 1. The molecule has 0 saturated heterocycles. The Labute approximate surface area is 99.7 Å². The van der Waals surface area contributed by atoms with Crippen molar-refractivity contribution in [2.24, 2.45) is 0 Å². The van der Waals surface area contributed by atoms with Crippen molar-refractivity contribution in [3.05, 3.63) is 12.2 Å². The third kappa shape index (κ3) is 4.79. The Morgan fingerprint density at radius 1 is 1.19 bits per heavy atom. The van der Waals surface area contributed by atoms with Gasteiger partial charge in [-0.05, 0) is 27.2 Å². The van der Waals surface area contributed by atoms with Gasteiger partial charge in [-0.25, -0.2) is 4.79 Å². The van der Waals surface area contributed by atoms with Gasteiger partial charge >= 0.3 is 5.97 Å². The number of carbonyl (C=O) groups is 1. The van der Waals surface area contributed by atoms with Crippen LogP contribution < -0.4 is 0 Å². The van der Waals surface area contributed by atoms with Crippen LogP contribution in [0.5, 0.6) is 0 Å². The highest BCUT2D eigenvalue weighted by atomic mass is 16.5. The van der Waals surface area contributed by atoms with E-state index in [9.17, 15) is 4.79 Å². The highest BCUT2D eigenvalue weighted by molar-refractivity contribution is 5.86. The van der Waals surface area contributed by atoms with Crippen LogP contribution in [0, 0.1) is 0 Å². The van der Waals surface area contributed by atoms with Crippen LogP contribution in [0.4, 0.5) is 0 Å². The van der Waals surface area contributed by atoms with Crippen molar-refractivity contribution in [1.29, 1.82) is 0 Å². The average molecular weight is 228 g/mol. The second kappa shape index (κ2) is 7.44. The summed E-state index contributed by atoms with van der Waals surface area (Å²) >= 11 is 0. The van der Waals surface area contributed by atoms with E-state index in [-0.39, 0.29) is 5.97 Å². The predicted octanol–water partition coefficient (Wildman–Crippen LogP) is 2.37. The van der Waals surface area contributed by atoms with Gasteiger partial charge < -0.3 is 9.22 Å². The zero-order chi connectivity index (χ0) is 12.6. The first-order chi connectivity index (χ1) is 7.51. The third-order valence-electron chi connectivity index (χ3n) is 3.19. The Hall–Kier alpha value is -0.830. The summed E-state index contributed by atoms with van der Waals surface area (Å²) in [6.07, 6.45) is 1.16. The zero-order valence-electron chi connectivity index (χ0n) is 11.2. The first-order valence-electron chi connectivity index (χ1n) is 6.19. The second-order valence-electron chi connectivity index (χ2n) is 4.34. The fourth-order valence-corrected chi connectivity index (χ4v) is 1.90. The Kier molecular flexibility index (Phi) is 7.06. The Bertz CT molecular complexity index is 232. The smallest absolute Gasteiger partial charge is 0.333 e. The lowest BCUT2D eigenvalue weighted by Gasteiger charge is -2.36. The highest BCUT2D eigenvalue weighted by Gasteiger charge is 2.22. The van der Waals surface area contributed by atoms with Crippen molar-refractivity contribution in [3.8, 4) is 0 Å². The molecular formula is C13H26NO2+. The second-order valence-corrected chi connectivity index (χ2v) is 4.34. The van der Waals surface area contributed by atoms with Gasteiger partial charge in [-0.3, -0.25) is 0 Å². The van der Waals surface area contributed by atoms with E-state index >= 15 is 0 Å². The van der Waals surface area contributed by atoms with Gasteiger partial charge in [-0.2, -0.15) is 0 Å². The zero-order valence-corrected chi connectivity index (χ0v) is 11.2. The number of hydrogen-bond donors (Lipinski definition) is 0. The first-order valence-corrected chi connectivity index (χ1v) is 6.19. The lowest BCUT2D eigenvalue weighted by Crippen LogP contribution is -2.50. The SMILES string of the molecule is C=C(C)C(=O)OCC[N+](CC)(CC)CCC. The maximum atomic E-state index is 11.2. The molecule has 0 heterocycles. The molecule has 0 atom stereocenters. The molecule has 0 spiro atoms. The minimum atomic E-state index is -0.276. The Morgan fingerprint density at radius 2 is 1.75 bits per heavy atom. The molecular weight excluding hydrogens is 202 g/mol. The van der Waals surface area contributed by atoms with Gasteiger partial charge in [0.1, 0.15) is 13.2 Å². The van der Waals surface area contributed by atoms with Crippen molar-refractivity contribution in [3.63, 3.8) is 0 Å². The third-order valence-corrected chi connectivity index (χ3v) is 3.19. The van der Waals surface area contributed by atoms with Gasteiger partial charge in [0.15, 0.2) is 0 Å². The molecule has 0 aliphatic heterocycles. The summed E-state index contributed by atoms with van der Waals surface area (Å²) in [5.41, 5.74) is 0.474. The van der Waals surface area contributed by atoms with Crippen LogP contribution in [0.3, 0.4) is 0 Å². The summed E-state index contributed by atoms with van der Waals surface area (Å²) in [4.78, 5) is 11.2. The monoisotopic (exact) mass is 228 g/mol. The number of esters is 1. The summed E-state index contributed by atoms with van der Waals surface area (Å²) in [7, 11) is 0. The van der Waals surface area contributed by atoms with Crippen molar-refractivity contribution in [2.75, 3.05) is 32.8 Å². The van der Waals surface area contributed by atoms with E-state index in [0.29, 0.717) is 12.2 Å². The minimum absolute atomic E-state index is 0.276. The molecule has 3 heteroatoms. The molecule has 0 aromatic heterocycles.